The van der Waals surface area contributed by atoms with Gasteiger partial charge in [0.15, 0.2) is 0 Å². The quantitative estimate of drug-likeness (QED) is 0.605. The molecule has 0 spiro atoms. The molecule has 3 heteroatoms. The van der Waals surface area contributed by atoms with E-state index < -0.39 is 0 Å². The summed E-state index contributed by atoms with van der Waals surface area (Å²) in [5.74, 6) is 0. The minimum atomic E-state index is 0.652. The summed E-state index contributed by atoms with van der Waals surface area (Å²) in [6.07, 6.45) is 2.11. The van der Waals surface area contributed by atoms with Gasteiger partial charge in [-0.05, 0) is 11.6 Å². The molecule has 1 aliphatic heterocycles. The maximum atomic E-state index is 6.85. The summed E-state index contributed by atoms with van der Waals surface area (Å²) in [5.41, 5.74) is 4.32. The molecule has 0 bridgehead atoms. The Hall–Kier alpha value is -1.79. The van der Waals surface area contributed by atoms with Crippen LogP contribution >= 0.6 is 0 Å². The van der Waals surface area contributed by atoms with E-state index in [1.54, 1.807) is 0 Å². The summed E-state index contributed by atoms with van der Waals surface area (Å²) in [6, 6.07) is 8.68. The number of benzene rings is 1. The topological polar surface area (TPSA) is 12.5 Å². The van der Waals surface area contributed by atoms with Gasteiger partial charge in [0.2, 0.25) is 6.54 Å². The van der Waals surface area contributed by atoms with Gasteiger partial charge in [-0.3, -0.25) is 4.90 Å². The number of rotatable bonds is 3. The van der Waals surface area contributed by atoms with Crippen molar-refractivity contribution < 1.29 is 0 Å². The third-order valence-electron chi connectivity index (χ3n) is 4.13. The Balaban J connectivity index is 1.88. The van der Waals surface area contributed by atoms with E-state index in [0.29, 0.717) is 6.54 Å². The van der Waals surface area contributed by atoms with Crippen LogP contribution in [0.25, 0.3) is 15.7 Å². The summed E-state index contributed by atoms with van der Waals surface area (Å²) in [4.78, 5) is 5.92. The third kappa shape index (κ3) is 2.13. The summed E-state index contributed by atoms with van der Waals surface area (Å²) in [7, 11) is 2.18. The van der Waals surface area contributed by atoms with Crippen molar-refractivity contribution in [2.75, 3.05) is 19.6 Å². The number of nitrogens with zero attached hydrogens (tertiary/aromatic N) is 3. The highest BCUT2D eigenvalue weighted by molar-refractivity contribution is 5.85. The summed E-state index contributed by atoms with van der Waals surface area (Å²) >= 11 is 0. The van der Waals surface area contributed by atoms with Crippen LogP contribution < -0.4 is 0 Å². The molecule has 1 aromatic heterocycles. The molecule has 0 saturated heterocycles. The van der Waals surface area contributed by atoms with E-state index in [2.05, 4.69) is 45.6 Å². The number of aromatic nitrogens is 1. The number of hydrogen-bond acceptors (Lipinski definition) is 1. The normalized spacial score (nSPS) is 15.4. The summed E-state index contributed by atoms with van der Waals surface area (Å²) < 4.78 is 2.35. The molecular weight excluding hydrogens is 234 g/mol. The molecule has 1 aromatic carbocycles. The van der Waals surface area contributed by atoms with Gasteiger partial charge in [-0.1, -0.05) is 18.2 Å². The van der Waals surface area contributed by atoms with E-state index in [4.69, 9.17) is 6.57 Å². The van der Waals surface area contributed by atoms with Gasteiger partial charge >= 0.3 is 0 Å². The van der Waals surface area contributed by atoms with Gasteiger partial charge in [0.1, 0.15) is 0 Å². The Labute approximate surface area is 114 Å². The second-order valence-electron chi connectivity index (χ2n) is 5.26. The Bertz CT molecular complexity index is 633. The first-order valence-electron chi connectivity index (χ1n) is 6.92. The fourth-order valence-electron chi connectivity index (χ4n) is 3.15. The van der Waals surface area contributed by atoms with Gasteiger partial charge in [-0.15, -0.1) is 0 Å². The maximum Gasteiger partial charge on any atom is 0.215 e. The molecule has 19 heavy (non-hydrogen) atoms. The molecule has 0 amide bonds. The zero-order valence-electron chi connectivity index (χ0n) is 11.4. The molecule has 2 heterocycles. The standard InChI is InChI=1S/C16H19N3/c1-17-9-5-10-19-11-8-16-14(12-19)13-6-3-4-7-15(13)18(16)2/h3-4,6-7H,5,8-12H2,2H3. The Morgan fingerprint density at radius 2 is 2.16 bits per heavy atom. The Morgan fingerprint density at radius 1 is 1.32 bits per heavy atom. The van der Waals surface area contributed by atoms with Crippen molar-refractivity contribution in [1.29, 1.82) is 0 Å². The van der Waals surface area contributed by atoms with E-state index in [9.17, 15) is 0 Å². The van der Waals surface area contributed by atoms with E-state index in [0.717, 1.165) is 32.5 Å². The number of para-hydroxylation sites is 1. The average Bonchev–Trinajstić information content (AvgIpc) is 2.73. The average molecular weight is 253 g/mol. The molecular formula is C16H19N3. The lowest BCUT2D eigenvalue weighted by atomic mass is 10.0. The first-order chi connectivity index (χ1) is 9.31. The fourth-order valence-corrected chi connectivity index (χ4v) is 3.15. The number of hydrogen-bond donors (Lipinski definition) is 0. The van der Waals surface area contributed by atoms with Crippen LogP contribution in [-0.4, -0.2) is 29.1 Å². The molecule has 3 nitrogen and oxygen atoms in total. The van der Waals surface area contributed by atoms with Crippen LogP contribution in [0.4, 0.5) is 0 Å². The molecule has 0 atom stereocenters. The summed E-state index contributed by atoms with van der Waals surface area (Å²) in [6.45, 7) is 10.7. The molecule has 2 aromatic rings. The molecule has 1 aliphatic rings. The molecule has 98 valence electrons. The van der Waals surface area contributed by atoms with Crippen LogP contribution in [0.1, 0.15) is 17.7 Å². The lowest BCUT2D eigenvalue weighted by molar-refractivity contribution is 0.252. The highest BCUT2D eigenvalue weighted by Gasteiger charge is 2.22. The van der Waals surface area contributed by atoms with Gasteiger partial charge in [0, 0.05) is 56.1 Å². The molecule has 0 unspecified atom stereocenters. The van der Waals surface area contributed by atoms with Crippen molar-refractivity contribution in [2.24, 2.45) is 7.05 Å². The third-order valence-corrected chi connectivity index (χ3v) is 4.13. The molecule has 3 rings (SSSR count). The van der Waals surface area contributed by atoms with Crippen molar-refractivity contribution >= 4 is 10.9 Å². The van der Waals surface area contributed by atoms with Crippen LogP contribution in [0.2, 0.25) is 0 Å². The Kier molecular flexibility index (Phi) is 3.27. The number of aryl methyl sites for hydroxylation is 1. The maximum absolute atomic E-state index is 6.85. The van der Waals surface area contributed by atoms with Crippen molar-refractivity contribution in [3.63, 3.8) is 0 Å². The minimum absolute atomic E-state index is 0.652. The fraction of sp³-hybridized carbons (Fsp3) is 0.438. The first-order valence-corrected chi connectivity index (χ1v) is 6.92. The van der Waals surface area contributed by atoms with Crippen molar-refractivity contribution in [3.8, 4) is 0 Å². The smallest absolute Gasteiger partial charge is 0.215 e. The van der Waals surface area contributed by atoms with Crippen LogP contribution in [0.5, 0.6) is 0 Å². The van der Waals surface area contributed by atoms with Gasteiger partial charge in [-0.2, -0.15) is 0 Å². The predicted octanol–water partition coefficient (Wildman–Crippen LogP) is 2.85. The molecule has 0 N–H and O–H groups in total. The van der Waals surface area contributed by atoms with Gasteiger partial charge in [-0.25, -0.2) is 6.57 Å². The highest BCUT2D eigenvalue weighted by Crippen LogP contribution is 2.29. The van der Waals surface area contributed by atoms with Crippen molar-refractivity contribution in [1.82, 2.24) is 9.47 Å². The SMILES string of the molecule is [C-]#[N+]CCCN1CCc2c(c3ccccc3n2C)C1. The molecule has 0 aliphatic carbocycles. The van der Waals surface area contributed by atoms with Gasteiger partial charge in [0.25, 0.3) is 0 Å². The molecule has 0 saturated carbocycles. The van der Waals surface area contributed by atoms with E-state index in [1.807, 2.05) is 0 Å². The largest absolute Gasteiger partial charge is 0.347 e. The highest BCUT2D eigenvalue weighted by atomic mass is 15.1. The van der Waals surface area contributed by atoms with Crippen LogP contribution in [-0.2, 0) is 20.0 Å². The first kappa shape index (κ1) is 12.3. The zero-order chi connectivity index (χ0) is 13.2. The molecule has 0 radical (unpaired) electrons. The lowest BCUT2D eigenvalue weighted by Crippen LogP contribution is -2.32. The molecule has 0 fully saturated rings. The minimum Gasteiger partial charge on any atom is -0.347 e. The van der Waals surface area contributed by atoms with Crippen molar-refractivity contribution in [2.45, 2.75) is 19.4 Å². The van der Waals surface area contributed by atoms with Crippen LogP contribution in [0.3, 0.4) is 0 Å². The lowest BCUT2D eigenvalue weighted by Gasteiger charge is -2.27. The van der Waals surface area contributed by atoms with Gasteiger partial charge in [0.05, 0.1) is 0 Å². The second-order valence-corrected chi connectivity index (χ2v) is 5.26. The predicted molar refractivity (Wildman–Crippen MR) is 78.0 cm³/mol. The zero-order valence-corrected chi connectivity index (χ0v) is 11.4. The number of fused-ring (bicyclic) bond motifs is 3. The summed E-state index contributed by atoms with van der Waals surface area (Å²) in [5, 5.41) is 1.40. The van der Waals surface area contributed by atoms with E-state index in [-0.39, 0.29) is 0 Å². The van der Waals surface area contributed by atoms with E-state index in [1.165, 1.54) is 22.2 Å². The van der Waals surface area contributed by atoms with E-state index >= 15 is 0 Å². The monoisotopic (exact) mass is 253 g/mol. The Morgan fingerprint density at radius 3 is 3.00 bits per heavy atom. The van der Waals surface area contributed by atoms with Gasteiger partial charge < -0.3 is 9.41 Å². The van der Waals surface area contributed by atoms with Crippen LogP contribution in [0, 0.1) is 6.57 Å². The second kappa shape index (κ2) is 5.07. The van der Waals surface area contributed by atoms with Crippen molar-refractivity contribution in [3.05, 3.63) is 46.9 Å². The van der Waals surface area contributed by atoms with Crippen LogP contribution in [0.15, 0.2) is 24.3 Å².